The largest absolute Gasteiger partial charge is 0.349 e. The van der Waals surface area contributed by atoms with Gasteiger partial charge in [-0.15, -0.1) is 0 Å². The van der Waals surface area contributed by atoms with Crippen LogP contribution in [-0.4, -0.2) is 65.7 Å². The normalized spacial score (nSPS) is 18.2. The number of nitrogens with zero attached hydrogens (tertiary/aromatic N) is 4. The summed E-state index contributed by atoms with van der Waals surface area (Å²) in [7, 11) is 5.68. The van der Waals surface area contributed by atoms with Gasteiger partial charge in [0, 0.05) is 64.7 Å². The number of rotatable bonds is 6. The zero-order valence-corrected chi connectivity index (χ0v) is 19.9. The molecule has 6 heteroatoms. The van der Waals surface area contributed by atoms with Crippen LogP contribution in [0, 0.1) is 5.92 Å². The van der Waals surface area contributed by atoms with Crippen molar-refractivity contribution in [3.63, 3.8) is 0 Å². The van der Waals surface area contributed by atoms with Crippen LogP contribution in [0.25, 0.3) is 10.9 Å². The number of amides is 2. The number of benzene rings is 2. The lowest BCUT2D eigenvalue weighted by Crippen LogP contribution is -2.34. The Kier molecular flexibility index (Phi) is 6.75. The van der Waals surface area contributed by atoms with E-state index in [0.717, 1.165) is 29.6 Å². The van der Waals surface area contributed by atoms with Crippen LogP contribution in [0.5, 0.6) is 0 Å². The molecule has 0 unspecified atom stereocenters. The highest BCUT2D eigenvalue weighted by atomic mass is 16.2. The van der Waals surface area contributed by atoms with Gasteiger partial charge in [-0.2, -0.15) is 0 Å². The van der Waals surface area contributed by atoms with Gasteiger partial charge in [-0.1, -0.05) is 36.4 Å². The van der Waals surface area contributed by atoms with Gasteiger partial charge in [0.05, 0.1) is 11.4 Å². The number of likely N-dealkylation sites (tertiary alicyclic amines) is 1. The molecule has 2 aromatic carbocycles. The summed E-state index contributed by atoms with van der Waals surface area (Å²) in [6, 6.07) is 19.0. The van der Waals surface area contributed by atoms with E-state index in [4.69, 9.17) is 0 Å². The predicted octanol–water partition coefficient (Wildman–Crippen LogP) is 3.52. The summed E-state index contributed by atoms with van der Waals surface area (Å²) in [6.07, 6.45) is 1.82. The van der Waals surface area contributed by atoms with E-state index in [9.17, 15) is 9.59 Å². The number of hydrogen-bond acceptors (Lipinski definition) is 4. The van der Waals surface area contributed by atoms with Crippen LogP contribution < -0.4 is 0 Å². The smallest absolute Gasteiger partial charge is 0.227 e. The van der Waals surface area contributed by atoms with E-state index in [0.29, 0.717) is 13.1 Å². The summed E-state index contributed by atoms with van der Waals surface area (Å²) < 4.78 is 0. The first-order valence-corrected chi connectivity index (χ1v) is 11.4. The lowest BCUT2D eigenvalue weighted by molar-refractivity contribution is -0.133. The van der Waals surface area contributed by atoms with Crippen LogP contribution in [0.15, 0.2) is 60.8 Å². The van der Waals surface area contributed by atoms with Crippen molar-refractivity contribution in [2.24, 2.45) is 5.92 Å². The summed E-state index contributed by atoms with van der Waals surface area (Å²) in [5.41, 5.74) is 4.61. The molecule has 0 aliphatic carbocycles. The van der Waals surface area contributed by atoms with E-state index in [-0.39, 0.29) is 23.7 Å². The third kappa shape index (κ3) is 5.22. The van der Waals surface area contributed by atoms with Crippen molar-refractivity contribution >= 4 is 22.7 Å². The molecule has 0 radical (unpaired) electrons. The Morgan fingerprint density at radius 1 is 0.970 bits per heavy atom. The number of fused-ring (bicyclic) bond motifs is 1. The number of aromatic nitrogens is 1. The molecule has 2 heterocycles. The van der Waals surface area contributed by atoms with Gasteiger partial charge in [-0.25, -0.2) is 0 Å². The topological polar surface area (TPSA) is 56.8 Å². The maximum atomic E-state index is 12.7. The Balaban J connectivity index is 1.43. The third-order valence-electron chi connectivity index (χ3n) is 6.50. The molecule has 172 valence electrons. The molecule has 33 heavy (non-hydrogen) atoms. The maximum Gasteiger partial charge on any atom is 0.227 e. The second-order valence-corrected chi connectivity index (χ2v) is 9.31. The molecule has 3 aromatic rings. The molecule has 1 saturated heterocycles. The molecule has 1 aliphatic rings. The van der Waals surface area contributed by atoms with Crippen molar-refractivity contribution in [1.82, 2.24) is 19.7 Å². The molecule has 1 fully saturated rings. The van der Waals surface area contributed by atoms with E-state index in [1.165, 1.54) is 11.1 Å². The molecule has 0 spiro atoms. The molecule has 2 amide bonds. The number of carbonyl (C=O) groups excluding carboxylic acids is 2. The van der Waals surface area contributed by atoms with Crippen LogP contribution >= 0.6 is 0 Å². The van der Waals surface area contributed by atoms with E-state index in [1.807, 2.05) is 12.3 Å². The highest BCUT2D eigenvalue weighted by Crippen LogP contribution is 2.34. The fourth-order valence-electron chi connectivity index (χ4n) is 4.75. The van der Waals surface area contributed by atoms with Gasteiger partial charge in [0.25, 0.3) is 0 Å². The van der Waals surface area contributed by atoms with E-state index >= 15 is 0 Å². The monoisotopic (exact) mass is 444 g/mol. The Bertz CT molecular complexity index is 1140. The number of hydrogen-bond donors (Lipinski definition) is 0. The summed E-state index contributed by atoms with van der Waals surface area (Å²) in [4.78, 5) is 34.8. The fourth-order valence-corrected chi connectivity index (χ4v) is 4.75. The zero-order chi connectivity index (χ0) is 23.5. The minimum Gasteiger partial charge on any atom is -0.349 e. The molecular weight excluding hydrogens is 412 g/mol. The van der Waals surface area contributed by atoms with Crippen molar-refractivity contribution in [3.8, 4) is 0 Å². The van der Waals surface area contributed by atoms with E-state index in [2.05, 4.69) is 65.5 Å². The van der Waals surface area contributed by atoms with Crippen molar-refractivity contribution in [2.75, 3.05) is 34.2 Å². The quantitative estimate of drug-likeness (QED) is 0.584. The summed E-state index contributed by atoms with van der Waals surface area (Å²) >= 11 is 0. The van der Waals surface area contributed by atoms with Crippen molar-refractivity contribution in [3.05, 3.63) is 77.5 Å². The molecule has 0 bridgehead atoms. The van der Waals surface area contributed by atoms with Crippen LogP contribution in [0.1, 0.15) is 29.5 Å². The van der Waals surface area contributed by atoms with Gasteiger partial charge in [0.1, 0.15) is 0 Å². The summed E-state index contributed by atoms with van der Waals surface area (Å²) in [6.45, 7) is 4.33. The van der Waals surface area contributed by atoms with Gasteiger partial charge in [0.2, 0.25) is 11.8 Å². The van der Waals surface area contributed by atoms with Gasteiger partial charge in [-0.3, -0.25) is 19.5 Å². The highest BCUT2D eigenvalue weighted by Gasteiger charge is 2.40. The van der Waals surface area contributed by atoms with Crippen LogP contribution in [-0.2, 0) is 22.7 Å². The SMILES string of the molecule is CC(=O)N1C[C@H](C(=O)N(C)C)[C@@H](c2ccc(CN(C)Cc3ccc4ncccc4c3)cc2)C1. The summed E-state index contributed by atoms with van der Waals surface area (Å²) in [5, 5.41) is 1.16. The molecule has 0 N–H and O–H groups in total. The lowest BCUT2D eigenvalue weighted by atomic mass is 9.87. The molecule has 6 nitrogen and oxygen atoms in total. The Hall–Kier alpha value is -3.25. The maximum absolute atomic E-state index is 12.7. The average Bonchev–Trinajstić information content (AvgIpc) is 3.24. The second kappa shape index (κ2) is 9.71. The molecular formula is C27H32N4O2. The second-order valence-electron chi connectivity index (χ2n) is 9.31. The lowest BCUT2D eigenvalue weighted by Gasteiger charge is -2.22. The minimum atomic E-state index is -0.195. The van der Waals surface area contributed by atoms with Crippen LogP contribution in [0.4, 0.5) is 0 Å². The third-order valence-corrected chi connectivity index (χ3v) is 6.50. The Morgan fingerprint density at radius 2 is 1.67 bits per heavy atom. The van der Waals surface area contributed by atoms with Gasteiger partial charge >= 0.3 is 0 Å². The zero-order valence-electron chi connectivity index (χ0n) is 19.9. The molecule has 2 atom stereocenters. The van der Waals surface area contributed by atoms with Gasteiger partial charge < -0.3 is 9.80 Å². The first kappa shape index (κ1) is 22.9. The standard InChI is InChI=1S/C27H32N4O2/c1-19(32)31-17-24(25(18-31)27(33)29(2)3)22-10-7-20(8-11-22)15-30(4)16-21-9-12-26-23(14-21)6-5-13-28-26/h5-14,24-25H,15-18H2,1-4H3/t24-,25+/m1/s1. The Labute approximate surface area is 195 Å². The minimum absolute atomic E-state index is 0.0248. The molecule has 1 aromatic heterocycles. The Morgan fingerprint density at radius 3 is 2.36 bits per heavy atom. The van der Waals surface area contributed by atoms with Gasteiger partial charge in [-0.05, 0) is 41.9 Å². The summed E-state index contributed by atoms with van der Waals surface area (Å²) in [5.74, 6) is -0.0588. The highest BCUT2D eigenvalue weighted by molar-refractivity contribution is 5.82. The van der Waals surface area contributed by atoms with Crippen LogP contribution in [0.3, 0.4) is 0 Å². The first-order valence-electron chi connectivity index (χ1n) is 11.4. The van der Waals surface area contributed by atoms with E-state index in [1.54, 1.807) is 30.8 Å². The molecule has 0 saturated carbocycles. The van der Waals surface area contributed by atoms with E-state index < -0.39 is 0 Å². The first-order chi connectivity index (χ1) is 15.8. The number of pyridine rings is 1. The molecule has 4 rings (SSSR count). The molecule has 1 aliphatic heterocycles. The van der Waals surface area contributed by atoms with Crippen LogP contribution in [0.2, 0.25) is 0 Å². The van der Waals surface area contributed by atoms with Crippen molar-refractivity contribution in [2.45, 2.75) is 25.9 Å². The average molecular weight is 445 g/mol. The van der Waals surface area contributed by atoms with Crippen molar-refractivity contribution in [1.29, 1.82) is 0 Å². The fraction of sp³-hybridized carbons (Fsp3) is 0.370. The van der Waals surface area contributed by atoms with Gasteiger partial charge in [0.15, 0.2) is 0 Å². The predicted molar refractivity (Wildman–Crippen MR) is 131 cm³/mol. The number of carbonyl (C=O) groups is 2. The van der Waals surface area contributed by atoms with Crippen molar-refractivity contribution < 1.29 is 9.59 Å².